The van der Waals surface area contributed by atoms with Gasteiger partial charge in [0.25, 0.3) is 5.56 Å². The lowest BCUT2D eigenvalue weighted by atomic mass is 9.91. The number of aliphatic hydroxyl groups is 1. The number of aryl methyl sites for hydroxylation is 1. The molecule has 21 heavy (non-hydrogen) atoms. The van der Waals surface area contributed by atoms with Crippen molar-refractivity contribution in [1.82, 2.24) is 14.3 Å². The SMILES string of the molecule is Cc1ccn2c(=O)cc(CN(CCO)C3CCC3)nc2c1. The molecule has 0 spiro atoms. The molecule has 1 aliphatic rings. The van der Waals surface area contributed by atoms with Gasteiger partial charge in [-0.3, -0.25) is 14.1 Å². The molecule has 112 valence electrons. The summed E-state index contributed by atoms with van der Waals surface area (Å²) in [4.78, 5) is 19.0. The molecule has 2 aromatic rings. The number of pyridine rings is 1. The number of hydrogen-bond donors (Lipinski definition) is 1. The van der Waals surface area contributed by atoms with Crippen molar-refractivity contribution in [2.45, 2.75) is 38.8 Å². The van der Waals surface area contributed by atoms with Crippen LogP contribution in [0.15, 0.2) is 29.2 Å². The van der Waals surface area contributed by atoms with E-state index in [0.717, 1.165) is 11.3 Å². The molecule has 0 aliphatic heterocycles. The third-order valence-corrected chi connectivity index (χ3v) is 4.22. The van der Waals surface area contributed by atoms with Crippen LogP contribution in [0.25, 0.3) is 5.65 Å². The zero-order valence-electron chi connectivity index (χ0n) is 12.3. The molecule has 1 saturated carbocycles. The van der Waals surface area contributed by atoms with E-state index in [-0.39, 0.29) is 12.2 Å². The molecule has 0 amide bonds. The van der Waals surface area contributed by atoms with Gasteiger partial charge in [0.15, 0.2) is 0 Å². The fourth-order valence-corrected chi connectivity index (χ4v) is 2.81. The summed E-state index contributed by atoms with van der Waals surface area (Å²) in [5.74, 6) is 0. The standard InChI is InChI=1S/C16H21N3O2/c1-12-5-6-19-15(9-12)17-13(10-16(19)21)11-18(7-8-20)14-3-2-4-14/h5-6,9-10,14,20H,2-4,7-8,11H2,1H3. The minimum Gasteiger partial charge on any atom is -0.395 e. The summed E-state index contributed by atoms with van der Waals surface area (Å²) in [5, 5.41) is 9.22. The highest BCUT2D eigenvalue weighted by atomic mass is 16.3. The highest BCUT2D eigenvalue weighted by molar-refractivity contribution is 5.41. The van der Waals surface area contributed by atoms with Gasteiger partial charge >= 0.3 is 0 Å². The number of nitrogens with zero attached hydrogens (tertiary/aromatic N) is 3. The quantitative estimate of drug-likeness (QED) is 0.902. The third kappa shape index (κ3) is 2.99. The van der Waals surface area contributed by atoms with Crippen LogP contribution >= 0.6 is 0 Å². The predicted octanol–water partition coefficient (Wildman–Crippen LogP) is 1.35. The fraction of sp³-hybridized carbons (Fsp3) is 0.500. The largest absolute Gasteiger partial charge is 0.395 e. The van der Waals surface area contributed by atoms with E-state index >= 15 is 0 Å². The molecule has 1 fully saturated rings. The van der Waals surface area contributed by atoms with Crippen molar-refractivity contribution in [2.75, 3.05) is 13.2 Å². The highest BCUT2D eigenvalue weighted by Gasteiger charge is 2.25. The first-order valence-electron chi connectivity index (χ1n) is 7.51. The van der Waals surface area contributed by atoms with E-state index in [1.807, 2.05) is 19.1 Å². The second kappa shape index (κ2) is 5.95. The van der Waals surface area contributed by atoms with Gasteiger partial charge in [-0.15, -0.1) is 0 Å². The van der Waals surface area contributed by atoms with E-state index < -0.39 is 0 Å². The summed E-state index contributed by atoms with van der Waals surface area (Å²) in [6.45, 7) is 3.40. The van der Waals surface area contributed by atoms with Crippen LogP contribution in [0.4, 0.5) is 0 Å². The topological polar surface area (TPSA) is 57.8 Å². The molecule has 5 nitrogen and oxygen atoms in total. The van der Waals surface area contributed by atoms with Gasteiger partial charge in [-0.05, 0) is 37.5 Å². The van der Waals surface area contributed by atoms with Gasteiger partial charge in [0.2, 0.25) is 0 Å². The second-order valence-electron chi connectivity index (χ2n) is 5.80. The Kier molecular flexibility index (Phi) is 4.03. The summed E-state index contributed by atoms with van der Waals surface area (Å²) in [6, 6.07) is 5.95. The maximum atomic E-state index is 12.2. The Hall–Kier alpha value is -1.72. The highest BCUT2D eigenvalue weighted by Crippen LogP contribution is 2.25. The molecular formula is C16H21N3O2. The summed E-state index contributed by atoms with van der Waals surface area (Å²) in [6.07, 6.45) is 5.36. The van der Waals surface area contributed by atoms with E-state index in [1.165, 1.54) is 19.3 Å². The van der Waals surface area contributed by atoms with Crippen LogP contribution in [-0.4, -0.2) is 38.6 Å². The van der Waals surface area contributed by atoms with Crippen LogP contribution in [-0.2, 0) is 6.54 Å². The Morgan fingerprint density at radius 2 is 2.24 bits per heavy atom. The Morgan fingerprint density at radius 3 is 2.90 bits per heavy atom. The maximum Gasteiger partial charge on any atom is 0.258 e. The minimum absolute atomic E-state index is 0.0486. The first-order chi connectivity index (χ1) is 10.2. The van der Waals surface area contributed by atoms with Crippen LogP contribution in [0.3, 0.4) is 0 Å². The smallest absolute Gasteiger partial charge is 0.258 e. The van der Waals surface area contributed by atoms with Crippen LogP contribution in [0.5, 0.6) is 0 Å². The summed E-state index contributed by atoms with van der Waals surface area (Å²) >= 11 is 0. The molecule has 0 radical (unpaired) electrons. The number of aliphatic hydroxyl groups excluding tert-OH is 1. The van der Waals surface area contributed by atoms with Gasteiger partial charge in [0, 0.05) is 31.4 Å². The number of hydrogen-bond acceptors (Lipinski definition) is 4. The molecular weight excluding hydrogens is 266 g/mol. The molecule has 1 aliphatic carbocycles. The number of fused-ring (bicyclic) bond motifs is 1. The Morgan fingerprint density at radius 1 is 1.43 bits per heavy atom. The zero-order chi connectivity index (χ0) is 14.8. The van der Waals surface area contributed by atoms with Gasteiger partial charge in [-0.2, -0.15) is 0 Å². The third-order valence-electron chi connectivity index (χ3n) is 4.22. The predicted molar refractivity (Wildman–Crippen MR) is 81.3 cm³/mol. The Labute approximate surface area is 123 Å². The molecule has 3 rings (SSSR count). The molecule has 0 aromatic carbocycles. The van der Waals surface area contributed by atoms with E-state index in [4.69, 9.17) is 0 Å². The van der Waals surface area contributed by atoms with Crippen molar-refractivity contribution >= 4 is 5.65 Å². The average molecular weight is 287 g/mol. The minimum atomic E-state index is -0.0486. The number of aromatic nitrogens is 2. The first kappa shape index (κ1) is 14.2. The van der Waals surface area contributed by atoms with E-state index in [9.17, 15) is 9.90 Å². The lowest BCUT2D eigenvalue weighted by Gasteiger charge is -2.37. The van der Waals surface area contributed by atoms with Crippen molar-refractivity contribution in [2.24, 2.45) is 0 Å². The summed E-state index contributed by atoms with van der Waals surface area (Å²) in [7, 11) is 0. The summed E-state index contributed by atoms with van der Waals surface area (Å²) < 4.78 is 1.57. The maximum absolute atomic E-state index is 12.2. The lowest BCUT2D eigenvalue weighted by molar-refractivity contribution is 0.0934. The monoisotopic (exact) mass is 287 g/mol. The molecule has 0 saturated heterocycles. The van der Waals surface area contributed by atoms with Crippen molar-refractivity contribution in [3.05, 3.63) is 46.0 Å². The van der Waals surface area contributed by atoms with E-state index in [0.29, 0.717) is 24.8 Å². The van der Waals surface area contributed by atoms with E-state index in [2.05, 4.69) is 9.88 Å². The normalized spacial score (nSPS) is 15.6. The van der Waals surface area contributed by atoms with Gasteiger partial charge in [0.05, 0.1) is 12.3 Å². The second-order valence-corrected chi connectivity index (χ2v) is 5.80. The van der Waals surface area contributed by atoms with Crippen molar-refractivity contribution < 1.29 is 5.11 Å². The van der Waals surface area contributed by atoms with Gasteiger partial charge in [0.1, 0.15) is 5.65 Å². The van der Waals surface area contributed by atoms with Crippen LogP contribution in [0, 0.1) is 6.92 Å². The van der Waals surface area contributed by atoms with Gasteiger partial charge < -0.3 is 5.11 Å². The molecule has 0 atom stereocenters. The van der Waals surface area contributed by atoms with Gasteiger partial charge in [-0.1, -0.05) is 6.42 Å². The average Bonchev–Trinajstić information content (AvgIpc) is 2.36. The Bertz CT molecular complexity index is 691. The molecule has 1 N–H and O–H groups in total. The first-order valence-corrected chi connectivity index (χ1v) is 7.51. The van der Waals surface area contributed by atoms with Crippen LogP contribution < -0.4 is 5.56 Å². The van der Waals surface area contributed by atoms with Crippen LogP contribution in [0.2, 0.25) is 0 Å². The Balaban J connectivity index is 1.90. The van der Waals surface area contributed by atoms with Crippen LogP contribution in [0.1, 0.15) is 30.5 Å². The lowest BCUT2D eigenvalue weighted by Crippen LogP contribution is -2.41. The zero-order valence-corrected chi connectivity index (χ0v) is 12.3. The van der Waals surface area contributed by atoms with Crippen molar-refractivity contribution in [1.29, 1.82) is 0 Å². The molecule has 0 bridgehead atoms. The molecule has 2 heterocycles. The summed E-state index contributed by atoms with van der Waals surface area (Å²) in [5.41, 5.74) is 2.51. The number of rotatable bonds is 5. The van der Waals surface area contributed by atoms with Crippen molar-refractivity contribution in [3.63, 3.8) is 0 Å². The molecule has 2 aromatic heterocycles. The molecule has 5 heteroatoms. The van der Waals surface area contributed by atoms with Crippen molar-refractivity contribution in [3.8, 4) is 0 Å². The van der Waals surface area contributed by atoms with E-state index in [1.54, 1.807) is 16.7 Å². The molecule has 0 unspecified atom stereocenters. The fourth-order valence-electron chi connectivity index (χ4n) is 2.81. The van der Waals surface area contributed by atoms with Gasteiger partial charge in [-0.25, -0.2) is 4.98 Å².